The molecule has 0 spiro atoms. The quantitative estimate of drug-likeness (QED) is 0.0756. The van der Waals surface area contributed by atoms with Gasteiger partial charge in [0.1, 0.15) is 61.7 Å². The number of aromatic nitrogens is 14. The van der Waals surface area contributed by atoms with Gasteiger partial charge < -0.3 is 25.7 Å². The van der Waals surface area contributed by atoms with Gasteiger partial charge in [0.05, 0.1) is 120 Å². The molecule has 21 nitrogen and oxygen atoms in total. The number of nitrogens with two attached hydrogens (primary N) is 2. The van der Waals surface area contributed by atoms with Crippen molar-refractivity contribution in [1.82, 2.24) is 69.2 Å². The zero-order valence-corrected chi connectivity index (χ0v) is 65.1. The SMILES string of the molecule is CC(C)(CN)c1cnc2c(n1)CN=C2c1cccc(Cl)c1F.COc1ccc(Cn2nc(-c3cccc(Cl)c3F)c3ncc(C(C)(C)C#N)nc32)cc1.COc1ccc(Cn2nc(-c3cccc(Cl)c3F)c3ncc(C(C)(C)CN)nc32)cc1.COc1ccc(Cn2nc(-c3cccc(Cl)c3F)c3ncc(Cl)nc32)cc1. The van der Waals surface area contributed by atoms with Crippen LogP contribution < -0.4 is 25.7 Å². The average Bonchev–Trinajstić information content (AvgIpc) is 1.63. The topological polar surface area (TPSA) is 272 Å². The zero-order valence-electron chi connectivity index (χ0n) is 61.3. The minimum atomic E-state index is -0.835. The molecule has 0 unspecified atom stereocenters. The van der Waals surface area contributed by atoms with E-state index < -0.39 is 28.7 Å². The molecule has 30 heteroatoms. The lowest BCUT2D eigenvalue weighted by atomic mass is 9.89. The maximum Gasteiger partial charge on any atom is 0.179 e. The molecule has 0 fully saturated rings. The Hall–Kier alpha value is -11.1. The van der Waals surface area contributed by atoms with Crippen molar-refractivity contribution in [2.75, 3.05) is 34.4 Å². The van der Waals surface area contributed by atoms with E-state index in [1.807, 2.05) is 100 Å². The Balaban J connectivity index is 0.000000139. The number of hydrogen-bond acceptors (Lipinski definition) is 18. The predicted octanol–water partition coefficient (Wildman–Crippen LogP) is 17.6. The van der Waals surface area contributed by atoms with Gasteiger partial charge in [-0.15, -0.1) is 0 Å². The predicted molar refractivity (Wildman–Crippen MR) is 424 cm³/mol. The molecule has 1 aliphatic heterocycles. The van der Waals surface area contributed by atoms with E-state index in [1.54, 1.807) is 110 Å². The molecule has 0 aliphatic carbocycles. The molecule has 0 amide bonds. The van der Waals surface area contributed by atoms with Crippen LogP contribution in [0.4, 0.5) is 17.6 Å². The van der Waals surface area contributed by atoms with E-state index in [2.05, 4.69) is 61.2 Å². The van der Waals surface area contributed by atoms with Gasteiger partial charge in [0.15, 0.2) is 40.2 Å². The van der Waals surface area contributed by atoms with Crippen molar-refractivity contribution in [3.8, 4) is 57.1 Å². The zero-order chi connectivity index (χ0) is 79.2. The van der Waals surface area contributed by atoms with Crippen LogP contribution in [-0.4, -0.2) is 109 Å². The molecule has 111 heavy (non-hydrogen) atoms. The number of ether oxygens (including phenoxy) is 3. The third-order valence-electron chi connectivity index (χ3n) is 18.4. The van der Waals surface area contributed by atoms with Gasteiger partial charge in [-0.1, -0.05) is 146 Å². The number of aliphatic imine (C=N–C) groups is 1. The summed E-state index contributed by atoms with van der Waals surface area (Å²) in [6.45, 7) is 14.1. The Kier molecular flexibility index (Phi) is 24.1. The van der Waals surface area contributed by atoms with Crippen molar-refractivity contribution in [2.45, 2.75) is 84.0 Å². The lowest BCUT2D eigenvalue weighted by Gasteiger charge is -2.21. The molecule has 7 aromatic heterocycles. The summed E-state index contributed by atoms with van der Waals surface area (Å²) < 4.78 is 79.0. The third-order valence-corrected chi connectivity index (χ3v) is 19.7. The van der Waals surface area contributed by atoms with Gasteiger partial charge in [0, 0.05) is 58.6 Å². The van der Waals surface area contributed by atoms with E-state index in [1.165, 1.54) is 36.7 Å². The fourth-order valence-electron chi connectivity index (χ4n) is 11.5. The molecule has 14 aromatic rings. The van der Waals surface area contributed by atoms with E-state index in [0.717, 1.165) is 51.0 Å². The molecular formula is C81H71Cl5F4N18O3. The molecule has 0 saturated heterocycles. The second kappa shape index (κ2) is 33.6. The van der Waals surface area contributed by atoms with Gasteiger partial charge in [-0.25, -0.2) is 61.5 Å². The van der Waals surface area contributed by atoms with E-state index in [-0.39, 0.29) is 52.8 Å². The Bertz CT molecular complexity index is 5860. The van der Waals surface area contributed by atoms with Gasteiger partial charge in [-0.3, -0.25) is 15.0 Å². The van der Waals surface area contributed by atoms with Crippen molar-refractivity contribution in [3.05, 3.63) is 270 Å². The molecular weight excluding hydrogens is 1530 g/mol. The fourth-order valence-corrected chi connectivity index (χ4v) is 12.4. The summed E-state index contributed by atoms with van der Waals surface area (Å²) in [6.07, 6.45) is 6.32. The Morgan fingerprint density at radius 2 is 0.757 bits per heavy atom. The summed E-state index contributed by atoms with van der Waals surface area (Å²) in [4.78, 5) is 40.7. The molecule has 15 rings (SSSR count). The third kappa shape index (κ3) is 17.1. The number of rotatable bonds is 18. The molecule has 4 N–H and O–H groups in total. The summed E-state index contributed by atoms with van der Waals surface area (Å²) in [5.74, 6) is 0.136. The van der Waals surface area contributed by atoms with Crippen LogP contribution in [0.15, 0.2) is 175 Å². The Morgan fingerprint density at radius 3 is 1.14 bits per heavy atom. The van der Waals surface area contributed by atoms with E-state index >= 15 is 0 Å². The van der Waals surface area contributed by atoms with Crippen LogP contribution in [0.25, 0.3) is 67.3 Å². The maximum atomic E-state index is 14.8. The van der Waals surface area contributed by atoms with Crippen LogP contribution in [-0.2, 0) is 42.4 Å². The first kappa shape index (κ1) is 79.5. The lowest BCUT2D eigenvalue weighted by Crippen LogP contribution is -2.30. The normalized spacial score (nSPS) is 12.0. The Labute approximate surface area is 660 Å². The smallest absolute Gasteiger partial charge is 0.179 e. The first-order chi connectivity index (χ1) is 53.2. The lowest BCUT2D eigenvalue weighted by molar-refractivity contribution is 0.414. The molecule has 1 aliphatic rings. The monoisotopic (exact) mass is 1590 g/mol. The molecule has 0 bridgehead atoms. The molecule has 566 valence electrons. The van der Waals surface area contributed by atoms with Gasteiger partial charge in [0.25, 0.3) is 0 Å². The van der Waals surface area contributed by atoms with Crippen molar-refractivity contribution < 1.29 is 31.8 Å². The van der Waals surface area contributed by atoms with Crippen LogP contribution in [0, 0.1) is 34.6 Å². The first-order valence-corrected chi connectivity index (χ1v) is 36.3. The number of nitriles is 1. The Morgan fingerprint density at radius 1 is 0.423 bits per heavy atom. The largest absolute Gasteiger partial charge is 0.497 e. The van der Waals surface area contributed by atoms with Crippen LogP contribution >= 0.6 is 58.0 Å². The summed E-state index contributed by atoms with van der Waals surface area (Å²) >= 11 is 29.8. The van der Waals surface area contributed by atoms with E-state index in [0.29, 0.717) is 113 Å². The van der Waals surface area contributed by atoms with Gasteiger partial charge in [-0.2, -0.15) is 20.6 Å². The average molecular weight is 1600 g/mol. The highest BCUT2D eigenvalue weighted by Crippen LogP contribution is 2.37. The van der Waals surface area contributed by atoms with Crippen molar-refractivity contribution in [1.29, 1.82) is 5.26 Å². The van der Waals surface area contributed by atoms with Crippen molar-refractivity contribution in [3.63, 3.8) is 0 Å². The first-order valence-electron chi connectivity index (χ1n) is 34.4. The summed E-state index contributed by atoms with van der Waals surface area (Å²) in [5.41, 5.74) is 22.2. The highest BCUT2D eigenvalue weighted by Gasteiger charge is 2.31. The summed E-state index contributed by atoms with van der Waals surface area (Å²) in [6, 6.07) is 44.2. The molecule has 0 saturated carbocycles. The standard InChI is InChI=1S/C23H23ClFN5O.C23H19ClFN5O.C19H13Cl2FN4O.C16H16ClFN4/c2*1-23(2,13-26)18-11-27-21-20(16-5-4-6-17(24)19(16)25)29-30(22(21)28-18)12-14-7-9-15(31-3)10-8-14;1-27-12-7-5-11(6-8-12)10-26-19-18(23-9-15(21)24-19)17(25-26)13-3-2-4-14(20)16(13)22;1-16(2,8-19)12-7-21-15-11(22-12)6-20-14(15)9-4-3-5-10(17)13(9)18/h4-11H,12-13,26H2,1-3H3;4-11H,12H2,1-3H3;2-9H,10H2,1H3;3-5,7H,6,8,19H2,1-2H3. The highest BCUT2D eigenvalue weighted by molar-refractivity contribution is 6.32. The highest BCUT2D eigenvalue weighted by atomic mass is 35.5. The van der Waals surface area contributed by atoms with Crippen LogP contribution in [0.3, 0.4) is 0 Å². The molecule has 7 aromatic carbocycles. The van der Waals surface area contributed by atoms with Crippen LogP contribution in [0.2, 0.25) is 25.2 Å². The summed E-state index contributed by atoms with van der Waals surface area (Å²) in [5, 5.41) is 23.7. The fraction of sp³-hybridized carbons (Fsp3) is 0.222. The summed E-state index contributed by atoms with van der Waals surface area (Å²) in [7, 11) is 4.84. The number of halogens is 9. The van der Waals surface area contributed by atoms with E-state index in [9.17, 15) is 22.8 Å². The second-order valence-corrected chi connectivity index (χ2v) is 29.3. The van der Waals surface area contributed by atoms with Crippen molar-refractivity contribution in [2.24, 2.45) is 16.5 Å². The van der Waals surface area contributed by atoms with E-state index in [4.69, 9.17) is 88.7 Å². The second-order valence-electron chi connectivity index (χ2n) is 27.3. The minimum absolute atomic E-state index is 0.00514. The van der Waals surface area contributed by atoms with Gasteiger partial charge in [0.2, 0.25) is 0 Å². The number of benzene rings is 7. The number of nitrogens with zero attached hydrogens (tertiary/aromatic N) is 16. The molecule has 0 atom stereocenters. The van der Waals surface area contributed by atoms with Crippen molar-refractivity contribution >= 4 is 97.2 Å². The van der Waals surface area contributed by atoms with Crippen LogP contribution in [0.1, 0.15) is 92.3 Å². The van der Waals surface area contributed by atoms with Crippen LogP contribution in [0.5, 0.6) is 17.2 Å². The maximum absolute atomic E-state index is 14.8. The van der Waals surface area contributed by atoms with Gasteiger partial charge >= 0.3 is 0 Å². The molecule has 0 radical (unpaired) electrons. The molecule has 8 heterocycles. The minimum Gasteiger partial charge on any atom is -0.497 e. The number of fused-ring (bicyclic) bond motifs is 4. The number of hydrogen-bond donors (Lipinski definition) is 2. The van der Waals surface area contributed by atoms with Gasteiger partial charge in [-0.05, 0) is 115 Å². The number of methoxy groups -OCH3 is 3.